The van der Waals surface area contributed by atoms with Crippen molar-refractivity contribution in [1.82, 2.24) is 19.9 Å². The monoisotopic (exact) mass is 310 g/mol. The molecular formula is C12H14N4O4S. The Labute approximate surface area is 121 Å². The molecule has 0 spiro atoms. The van der Waals surface area contributed by atoms with Gasteiger partial charge in [-0.2, -0.15) is 5.10 Å². The lowest BCUT2D eigenvalue weighted by atomic mass is 10.3. The summed E-state index contributed by atoms with van der Waals surface area (Å²) in [5.41, 5.74) is 0.626. The van der Waals surface area contributed by atoms with Gasteiger partial charge in [0.1, 0.15) is 5.56 Å². The number of methoxy groups -OCH3 is 1. The van der Waals surface area contributed by atoms with Crippen molar-refractivity contribution >= 4 is 16.0 Å². The molecule has 0 radical (unpaired) electrons. The van der Waals surface area contributed by atoms with Gasteiger partial charge in [-0.3, -0.25) is 10.1 Å². The number of ether oxygens (including phenoxy) is 1. The highest BCUT2D eigenvalue weighted by Crippen LogP contribution is 2.12. The molecule has 0 aliphatic heterocycles. The molecule has 8 nitrogen and oxygen atoms in total. The average Bonchev–Trinajstić information content (AvgIpc) is 2.98. The van der Waals surface area contributed by atoms with Crippen molar-refractivity contribution in [3.63, 3.8) is 0 Å². The van der Waals surface area contributed by atoms with Gasteiger partial charge in [-0.25, -0.2) is 17.9 Å². The van der Waals surface area contributed by atoms with Crippen LogP contribution in [-0.4, -0.2) is 43.2 Å². The summed E-state index contributed by atoms with van der Waals surface area (Å²) < 4.78 is 31.1. The zero-order valence-electron chi connectivity index (χ0n) is 11.2. The second-order valence-corrected chi connectivity index (χ2v) is 5.78. The van der Waals surface area contributed by atoms with Crippen LogP contribution in [0.2, 0.25) is 0 Å². The molecule has 0 aliphatic rings. The molecule has 0 bridgehead atoms. The van der Waals surface area contributed by atoms with Crippen LogP contribution >= 0.6 is 0 Å². The third-order valence-corrected chi connectivity index (χ3v) is 4.11. The number of rotatable bonds is 6. The van der Waals surface area contributed by atoms with Crippen LogP contribution in [0, 0.1) is 0 Å². The Kier molecular flexibility index (Phi) is 4.66. The van der Waals surface area contributed by atoms with Gasteiger partial charge >= 0.3 is 5.97 Å². The van der Waals surface area contributed by atoms with E-state index in [9.17, 15) is 13.2 Å². The number of sulfonamides is 1. The third kappa shape index (κ3) is 3.64. The quantitative estimate of drug-likeness (QED) is 0.732. The maximum atomic E-state index is 12.1. The van der Waals surface area contributed by atoms with Crippen molar-refractivity contribution in [1.29, 1.82) is 0 Å². The number of hydrogen-bond donors (Lipinski definition) is 2. The lowest BCUT2D eigenvalue weighted by molar-refractivity contribution is 0.0596. The fourth-order valence-electron chi connectivity index (χ4n) is 1.67. The summed E-state index contributed by atoms with van der Waals surface area (Å²) in [6.07, 6.45) is 3.18. The van der Waals surface area contributed by atoms with Gasteiger partial charge in [0, 0.05) is 24.9 Å². The minimum Gasteiger partial charge on any atom is -0.465 e. The van der Waals surface area contributed by atoms with Gasteiger partial charge in [-0.1, -0.05) is 6.07 Å². The molecule has 0 fully saturated rings. The molecule has 0 aromatic carbocycles. The summed E-state index contributed by atoms with van der Waals surface area (Å²) in [5, 5.41) is 5.55. The Balaban J connectivity index is 2.06. The predicted octanol–water partition coefficient (Wildman–Crippen LogP) is 0.112. The van der Waals surface area contributed by atoms with E-state index >= 15 is 0 Å². The molecule has 112 valence electrons. The van der Waals surface area contributed by atoms with Crippen molar-refractivity contribution in [3.05, 3.63) is 41.9 Å². The number of pyridine rings is 1. The summed E-state index contributed by atoms with van der Waals surface area (Å²) in [6.45, 7) is 0.152. The predicted molar refractivity (Wildman–Crippen MR) is 73.1 cm³/mol. The van der Waals surface area contributed by atoms with Crippen molar-refractivity contribution < 1.29 is 17.9 Å². The number of H-pyrrole nitrogens is 1. The summed E-state index contributed by atoms with van der Waals surface area (Å²) in [4.78, 5) is 15.5. The highest BCUT2D eigenvalue weighted by molar-refractivity contribution is 7.89. The molecule has 0 saturated heterocycles. The molecule has 2 heterocycles. The van der Waals surface area contributed by atoms with E-state index in [1.165, 1.54) is 7.11 Å². The smallest absolute Gasteiger partial charge is 0.342 e. The Morgan fingerprint density at radius 1 is 1.43 bits per heavy atom. The summed E-state index contributed by atoms with van der Waals surface area (Å²) in [5.74, 6) is -0.770. The Morgan fingerprint density at radius 3 is 2.90 bits per heavy atom. The number of carbonyl (C=O) groups excluding carboxylic acids is 1. The molecule has 2 rings (SSSR count). The molecule has 0 atom stereocenters. The summed E-state index contributed by atoms with van der Waals surface area (Å²) >= 11 is 0. The summed E-state index contributed by atoms with van der Waals surface area (Å²) in [6, 6.07) is 5.40. The second-order valence-electron chi connectivity index (χ2n) is 4.07. The van der Waals surface area contributed by atoms with Crippen LogP contribution in [0.5, 0.6) is 0 Å². The lowest BCUT2D eigenvalue weighted by Gasteiger charge is -2.06. The van der Waals surface area contributed by atoms with Crippen LogP contribution in [0.3, 0.4) is 0 Å². The number of aromatic nitrogens is 3. The van der Waals surface area contributed by atoms with Gasteiger partial charge in [-0.05, 0) is 12.1 Å². The van der Waals surface area contributed by atoms with Gasteiger partial charge in [0.25, 0.3) is 10.0 Å². The Morgan fingerprint density at radius 2 is 2.24 bits per heavy atom. The zero-order valence-corrected chi connectivity index (χ0v) is 12.1. The fourth-order valence-corrected chi connectivity index (χ4v) is 2.78. The topological polar surface area (TPSA) is 114 Å². The number of carbonyl (C=O) groups is 1. The molecule has 0 aliphatic carbocycles. The van der Waals surface area contributed by atoms with Crippen LogP contribution in [0.25, 0.3) is 0 Å². The minimum atomic E-state index is -3.87. The first kappa shape index (κ1) is 15.1. The van der Waals surface area contributed by atoms with Crippen molar-refractivity contribution in [2.24, 2.45) is 0 Å². The van der Waals surface area contributed by atoms with E-state index in [1.807, 2.05) is 6.07 Å². The highest BCUT2D eigenvalue weighted by atomic mass is 32.2. The minimum absolute atomic E-state index is 0.136. The third-order valence-electron chi connectivity index (χ3n) is 2.68. The first-order valence-electron chi connectivity index (χ1n) is 6.06. The van der Waals surface area contributed by atoms with Crippen LogP contribution < -0.4 is 4.72 Å². The number of nitrogens with one attached hydrogen (secondary N) is 2. The zero-order chi connectivity index (χ0) is 15.3. The van der Waals surface area contributed by atoms with E-state index in [-0.39, 0.29) is 17.1 Å². The maximum absolute atomic E-state index is 12.1. The van der Waals surface area contributed by atoms with E-state index in [4.69, 9.17) is 0 Å². The van der Waals surface area contributed by atoms with E-state index in [1.54, 1.807) is 18.3 Å². The second kappa shape index (κ2) is 6.46. The lowest BCUT2D eigenvalue weighted by Crippen LogP contribution is -2.28. The normalized spacial score (nSPS) is 11.3. The Bertz CT molecular complexity index is 712. The molecule has 0 unspecified atom stereocenters. The molecule has 0 amide bonds. The van der Waals surface area contributed by atoms with Crippen LogP contribution in [0.1, 0.15) is 16.1 Å². The SMILES string of the molecule is COC(=O)c1cn[nH]c1S(=O)(=O)NCCc1ccccn1. The van der Waals surface area contributed by atoms with Crippen molar-refractivity contribution in [2.75, 3.05) is 13.7 Å². The van der Waals surface area contributed by atoms with Crippen molar-refractivity contribution in [2.45, 2.75) is 11.4 Å². The van der Waals surface area contributed by atoms with E-state index in [0.717, 1.165) is 11.9 Å². The number of aromatic amines is 1. The van der Waals surface area contributed by atoms with Gasteiger partial charge in [0.15, 0.2) is 5.03 Å². The van der Waals surface area contributed by atoms with E-state index in [0.29, 0.717) is 6.42 Å². The molecular weight excluding hydrogens is 296 g/mol. The largest absolute Gasteiger partial charge is 0.465 e. The highest BCUT2D eigenvalue weighted by Gasteiger charge is 2.25. The fraction of sp³-hybridized carbons (Fsp3) is 0.250. The standard InChI is InChI=1S/C12H14N4O4S/c1-20-12(17)10-8-14-16-11(10)21(18,19)15-7-5-9-4-2-3-6-13-9/h2-4,6,8,15H,5,7H2,1H3,(H,14,16). The van der Waals surface area contributed by atoms with Crippen molar-refractivity contribution in [3.8, 4) is 0 Å². The first-order valence-corrected chi connectivity index (χ1v) is 7.54. The van der Waals surface area contributed by atoms with Crippen LogP contribution in [0.15, 0.2) is 35.6 Å². The Hall–Kier alpha value is -2.26. The van der Waals surface area contributed by atoms with E-state index in [2.05, 4.69) is 24.6 Å². The molecule has 9 heteroatoms. The van der Waals surface area contributed by atoms with E-state index < -0.39 is 16.0 Å². The molecule has 21 heavy (non-hydrogen) atoms. The number of esters is 1. The molecule has 2 aromatic rings. The van der Waals surface area contributed by atoms with Gasteiger partial charge < -0.3 is 4.74 Å². The van der Waals surface area contributed by atoms with Crippen LogP contribution in [-0.2, 0) is 21.2 Å². The number of nitrogens with zero attached hydrogens (tertiary/aromatic N) is 2. The first-order chi connectivity index (χ1) is 10.0. The maximum Gasteiger partial charge on any atom is 0.342 e. The molecule has 2 aromatic heterocycles. The number of hydrogen-bond acceptors (Lipinski definition) is 6. The average molecular weight is 310 g/mol. The molecule has 0 saturated carbocycles. The van der Waals surface area contributed by atoms with Gasteiger partial charge in [-0.15, -0.1) is 0 Å². The van der Waals surface area contributed by atoms with Crippen LogP contribution in [0.4, 0.5) is 0 Å². The molecule has 2 N–H and O–H groups in total. The summed E-state index contributed by atoms with van der Waals surface area (Å²) in [7, 11) is -2.70. The van der Waals surface area contributed by atoms with Gasteiger partial charge in [0.2, 0.25) is 0 Å². The van der Waals surface area contributed by atoms with Gasteiger partial charge in [0.05, 0.1) is 13.3 Å².